The molecule has 1 aromatic rings. The van der Waals surface area contributed by atoms with E-state index >= 15 is 0 Å². The monoisotopic (exact) mass is 327 g/mol. The predicted octanol–water partition coefficient (Wildman–Crippen LogP) is 1.93. The second kappa shape index (κ2) is 6.56. The smallest absolute Gasteiger partial charge is 0.304 e. The molecule has 1 aliphatic heterocycles. The second-order valence-electron chi connectivity index (χ2n) is 5.47. The first-order chi connectivity index (χ1) is 10.3. The molecule has 1 N–H and O–H groups in total. The summed E-state index contributed by atoms with van der Waals surface area (Å²) < 4.78 is 30.2. The van der Waals surface area contributed by atoms with Crippen molar-refractivity contribution in [3.63, 3.8) is 0 Å². The van der Waals surface area contributed by atoms with Gasteiger partial charge in [0, 0.05) is 6.54 Å². The molecular formula is C15H21NO5S. The lowest BCUT2D eigenvalue weighted by Gasteiger charge is -2.35. The molecule has 0 saturated carbocycles. The van der Waals surface area contributed by atoms with Gasteiger partial charge in [-0.2, -0.15) is 0 Å². The lowest BCUT2D eigenvalue weighted by molar-refractivity contribution is -0.136. The Hall–Kier alpha value is -1.76. The molecule has 0 radical (unpaired) electrons. The average Bonchev–Trinajstić information content (AvgIpc) is 2.45. The number of rotatable bonds is 6. The normalized spacial score (nSPS) is 17.7. The molecule has 0 bridgehead atoms. The molecular weight excluding hydrogens is 306 g/mol. The van der Waals surface area contributed by atoms with Crippen LogP contribution in [0.15, 0.2) is 23.1 Å². The van der Waals surface area contributed by atoms with Crippen LogP contribution in [0.5, 0.6) is 5.75 Å². The summed E-state index contributed by atoms with van der Waals surface area (Å²) in [5.74, 6) is -0.845. The lowest BCUT2D eigenvalue weighted by Crippen LogP contribution is -2.38. The summed E-state index contributed by atoms with van der Waals surface area (Å²) in [5, 5.41) is 8.66. The highest BCUT2D eigenvalue weighted by atomic mass is 32.2. The first kappa shape index (κ1) is 16.6. The van der Waals surface area contributed by atoms with E-state index < -0.39 is 28.0 Å². The van der Waals surface area contributed by atoms with Crippen LogP contribution in [0, 0.1) is 0 Å². The summed E-state index contributed by atoms with van der Waals surface area (Å²) in [6.45, 7) is 5.56. The summed E-state index contributed by atoms with van der Waals surface area (Å²) in [5.41, 5.74) is 0.761. The highest BCUT2D eigenvalue weighted by Gasteiger charge is 2.25. The number of hydrogen-bond donors (Lipinski definition) is 1. The minimum absolute atomic E-state index is 0.0496. The van der Waals surface area contributed by atoms with Gasteiger partial charge in [-0.3, -0.25) is 4.79 Å². The molecule has 7 heteroatoms. The van der Waals surface area contributed by atoms with Crippen molar-refractivity contribution in [2.24, 2.45) is 0 Å². The maximum Gasteiger partial charge on any atom is 0.304 e. The van der Waals surface area contributed by atoms with Crippen LogP contribution in [0.4, 0.5) is 5.69 Å². The van der Waals surface area contributed by atoms with Gasteiger partial charge in [0.2, 0.25) is 0 Å². The first-order valence-electron chi connectivity index (χ1n) is 7.33. The Balaban J connectivity index is 2.33. The molecule has 1 aromatic carbocycles. The Morgan fingerprint density at radius 3 is 2.82 bits per heavy atom. The van der Waals surface area contributed by atoms with Crippen molar-refractivity contribution in [2.45, 2.75) is 37.7 Å². The number of carboxylic acid groups (broad SMARTS) is 1. The van der Waals surface area contributed by atoms with Crippen LogP contribution in [-0.2, 0) is 14.6 Å². The minimum Gasteiger partial charge on any atom is -0.487 e. The van der Waals surface area contributed by atoms with Crippen molar-refractivity contribution >= 4 is 21.5 Å². The zero-order chi connectivity index (χ0) is 16.3. The summed E-state index contributed by atoms with van der Waals surface area (Å²) in [4.78, 5) is 12.8. The van der Waals surface area contributed by atoms with Gasteiger partial charge in [0.15, 0.2) is 9.84 Å². The third kappa shape index (κ3) is 3.71. The number of carbonyl (C=O) groups is 1. The number of carboxylic acids is 1. The van der Waals surface area contributed by atoms with Gasteiger partial charge in [-0.1, -0.05) is 6.92 Å². The molecule has 0 fully saturated rings. The van der Waals surface area contributed by atoms with E-state index in [1.54, 1.807) is 12.1 Å². The van der Waals surface area contributed by atoms with E-state index in [1.807, 2.05) is 6.92 Å². The number of anilines is 1. The molecule has 1 aliphatic rings. The molecule has 0 saturated heterocycles. The second-order valence-corrected chi connectivity index (χ2v) is 7.58. The van der Waals surface area contributed by atoms with Gasteiger partial charge in [0.25, 0.3) is 0 Å². The predicted molar refractivity (Wildman–Crippen MR) is 83.3 cm³/mol. The Bertz CT molecular complexity index is 656. The molecule has 1 heterocycles. The molecule has 0 aromatic heterocycles. The lowest BCUT2D eigenvalue weighted by atomic mass is 10.2. The van der Waals surface area contributed by atoms with Crippen LogP contribution < -0.4 is 9.64 Å². The fourth-order valence-corrected chi connectivity index (χ4v) is 3.77. The molecule has 1 atom stereocenters. The summed E-state index contributed by atoms with van der Waals surface area (Å²) in [6.07, 6.45) is 0.599. The van der Waals surface area contributed by atoms with E-state index in [0.717, 1.165) is 18.7 Å². The Kier molecular flexibility index (Phi) is 4.95. The van der Waals surface area contributed by atoms with Crippen LogP contribution in [-0.4, -0.2) is 44.4 Å². The standard InChI is InChI=1S/C15H21NO5S/c1-3-7-16-10-11(2)21-14-5-4-12(9-13(14)16)22(19,20)8-6-15(17)18/h4-5,9,11H,3,6-8,10H2,1-2H3,(H,17,18). The zero-order valence-corrected chi connectivity index (χ0v) is 13.6. The Morgan fingerprint density at radius 1 is 1.45 bits per heavy atom. The number of fused-ring (bicyclic) bond motifs is 1. The number of benzene rings is 1. The molecule has 0 amide bonds. The van der Waals surface area contributed by atoms with Crippen molar-refractivity contribution in [3.05, 3.63) is 18.2 Å². The fourth-order valence-electron chi connectivity index (χ4n) is 2.52. The van der Waals surface area contributed by atoms with E-state index in [1.165, 1.54) is 6.07 Å². The van der Waals surface area contributed by atoms with Crippen LogP contribution >= 0.6 is 0 Å². The largest absolute Gasteiger partial charge is 0.487 e. The van der Waals surface area contributed by atoms with Gasteiger partial charge in [-0.25, -0.2) is 8.42 Å². The molecule has 6 nitrogen and oxygen atoms in total. The van der Waals surface area contributed by atoms with Gasteiger partial charge in [-0.15, -0.1) is 0 Å². The minimum atomic E-state index is -3.60. The molecule has 22 heavy (non-hydrogen) atoms. The zero-order valence-electron chi connectivity index (χ0n) is 12.8. The van der Waals surface area contributed by atoms with E-state index in [0.29, 0.717) is 12.3 Å². The summed E-state index contributed by atoms with van der Waals surface area (Å²) >= 11 is 0. The van der Waals surface area contributed by atoms with Crippen LogP contribution in [0.2, 0.25) is 0 Å². The highest BCUT2D eigenvalue weighted by molar-refractivity contribution is 7.91. The highest BCUT2D eigenvalue weighted by Crippen LogP contribution is 2.35. The number of nitrogens with zero attached hydrogens (tertiary/aromatic N) is 1. The van der Waals surface area contributed by atoms with E-state index in [-0.39, 0.29) is 11.0 Å². The number of hydrogen-bond acceptors (Lipinski definition) is 5. The summed E-state index contributed by atoms with van der Waals surface area (Å²) in [6, 6.07) is 4.73. The number of aliphatic carboxylic acids is 1. The fraction of sp³-hybridized carbons (Fsp3) is 0.533. The molecule has 122 valence electrons. The Labute approximate surface area is 130 Å². The van der Waals surface area contributed by atoms with Crippen molar-refractivity contribution in [3.8, 4) is 5.75 Å². The molecule has 0 aliphatic carbocycles. The maximum atomic E-state index is 12.2. The van der Waals surface area contributed by atoms with Crippen molar-refractivity contribution < 1.29 is 23.1 Å². The van der Waals surface area contributed by atoms with Crippen LogP contribution in [0.1, 0.15) is 26.7 Å². The number of ether oxygens (including phenoxy) is 1. The molecule has 0 spiro atoms. The van der Waals surface area contributed by atoms with Crippen molar-refractivity contribution in [1.29, 1.82) is 0 Å². The van der Waals surface area contributed by atoms with Crippen LogP contribution in [0.3, 0.4) is 0 Å². The quantitative estimate of drug-likeness (QED) is 0.859. The SMILES string of the molecule is CCCN1CC(C)Oc2ccc(S(=O)(=O)CCC(=O)O)cc21. The Morgan fingerprint density at radius 2 is 2.18 bits per heavy atom. The van der Waals surface area contributed by atoms with Gasteiger partial charge in [0.05, 0.1) is 29.3 Å². The topological polar surface area (TPSA) is 83.9 Å². The van der Waals surface area contributed by atoms with E-state index in [9.17, 15) is 13.2 Å². The van der Waals surface area contributed by atoms with E-state index in [2.05, 4.69) is 11.8 Å². The van der Waals surface area contributed by atoms with Gasteiger partial charge in [0.1, 0.15) is 11.9 Å². The third-order valence-corrected chi connectivity index (χ3v) is 5.23. The van der Waals surface area contributed by atoms with E-state index in [4.69, 9.17) is 9.84 Å². The van der Waals surface area contributed by atoms with Crippen molar-refractivity contribution in [1.82, 2.24) is 0 Å². The average molecular weight is 327 g/mol. The molecule has 1 unspecified atom stereocenters. The van der Waals surface area contributed by atoms with Gasteiger partial charge in [-0.05, 0) is 31.5 Å². The van der Waals surface area contributed by atoms with Crippen LogP contribution in [0.25, 0.3) is 0 Å². The summed E-state index contributed by atoms with van der Waals surface area (Å²) in [7, 11) is -3.60. The maximum absolute atomic E-state index is 12.2. The molecule has 2 rings (SSSR count). The van der Waals surface area contributed by atoms with Gasteiger partial charge >= 0.3 is 5.97 Å². The first-order valence-corrected chi connectivity index (χ1v) is 8.99. The van der Waals surface area contributed by atoms with Crippen molar-refractivity contribution in [2.75, 3.05) is 23.7 Å². The number of sulfone groups is 1. The third-order valence-electron chi connectivity index (χ3n) is 3.51. The van der Waals surface area contributed by atoms with Gasteiger partial charge < -0.3 is 14.7 Å².